The molecule has 0 radical (unpaired) electrons. The molecule has 2 heterocycles. The van der Waals surface area contributed by atoms with E-state index < -0.39 is 0 Å². The maximum atomic E-state index is 4.78. The minimum atomic E-state index is 0. The van der Waals surface area contributed by atoms with Crippen LogP contribution in [0.1, 0.15) is 48.5 Å². The average molecular weight is 489 g/mol. The number of aliphatic imine (C=N–C) groups is 1. The second-order valence-corrected chi connectivity index (χ2v) is 7.64. The van der Waals surface area contributed by atoms with Crippen LogP contribution in [-0.2, 0) is 13.5 Å². The Kier molecular flexibility index (Phi) is 9.63. The third-order valence-corrected chi connectivity index (χ3v) is 5.55. The summed E-state index contributed by atoms with van der Waals surface area (Å²) in [7, 11) is 2.00. The van der Waals surface area contributed by atoms with Crippen molar-refractivity contribution in [3.63, 3.8) is 0 Å². The molecular weight excluding hydrogens is 457 g/mol. The molecule has 146 valence electrons. The quantitative estimate of drug-likeness (QED) is 0.351. The Bertz CT molecular complexity index is 693. The number of nitrogens with zero attached hydrogens (tertiary/aromatic N) is 3. The van der Waals surface area contributed by atoms with Crippen molar-refractivity contribution >= 4 is 41.3 Å². The first-order valence-corrected chi connectivity index (χ1v) is 9.87. The van der Waals surface area contributed by atoms with Crippen LogP contribution in [0.4, 0.5) is 0 Å². The van der Waals surface area contributed by atoms with Gasteiger partial charge in [-0.1, -0.05) is 13.0 Å². The zero-order valence-electron chi connectivity index (χ0n) is 16.7. The van der Waals surface area contributed by atoms with Gasteiger partial charge >= 0.3 is 0 Å². The molecule has 0 aromatic carbocycles. The summed E-state index contributed by atoms with van der Waals surface area (Å²) < 4.78 is 1.96. The second kappa shape index (κ2) is 10.9. The van der Waals surface area contributed by atoms with Gasteiger partial charge in [-0.25, -0.2) is 0 Å². The summed E-state index contributed by atoms with van der Waals surface area (Å²) in [4.78, 5) is 6.16. The maximum Gasteiger partial charge on any atom is 0.191 e. The van der Waals surface area contributed by atoms with Gasteiger partial charge < -0.3 is 10.6 Å². The normalized spacial score (nSPS) is 13.8. The van der Waals surface area contributed by atoms with Gasteiger partial charge in [0.2, 0.25) is 0 Å². The highest BCUT2D eigenvalue weighted by Gasteiger charge is 2.14. The Morgan fingerprint density at radius 1 is 1.35 bits per heavy atom. The van der Waals surface area contributed by atoms with Crippen molar-refractivity contribution in [1.29, 1.82) is 0 Å². The summed E-state index contributed by atoms with van der Waals surface area (Å²) in [5.74, 6) is 1.33. The molecule has 0 amide bonds. The maximum absolute atomic E-state index is 4.78. The van der Waals surface area contributed by atoms with Gasteiger partial charge in [0, 0.05) is 36.1 Å². The van der Waals surface area contributed by atoms with E-state index in [-0.39, 0.29) is 30.0 Å². The number of aromatic nitrogens is 2. The van der Waals surface area contributed by atoms with Gasteiger partial charge in [0.15, 0.2) is 5.96 Å². The third kappa shape index (κ3) is 6.26. The van der Waals surface area contributed by atoms with E-state index in [1.807, 2.05) is 11.7 Å². The van der Waals surface area contributed by atoms with E-state index in [0.717, 1.165) is 31.2 Å². The average Bonchev–Trinajstić information content (AvgIpc) is 3.18. The molecule has 0 bridgehead atoms. The summed E-state index contributed by atoms with van der Waals surface area (Å²) >= 11 is 1.80. The molecule has 0 saturated carbocycles. The van der Waals surface area contributed by atoms with Gasteiger partial charge in [0.1, 0.15) is 0 Å². The molecule has 2 rings (SSSR count). The van der Waals surface area contributed by atoms with E-state index in [4.69, 9.17) is 4.99 Å². The molecule has 2 N–H and O–H groups in total. The molecule has 0 spiro atoms. The standard InChI is InChI=1S/C19H31N5S.HI/c1-7-20-19(21-12-13(2)18-9-8-10-25-18)22-14(3)11-17-15(4)23-24(6)16(17)5;/h8-10,13-14H,7,11-12H2,1-6H3,(H2,20,21,22);1H. The molecule has 0 aliphatic heterocycles. The van der Waals surface area contributed by atoms with Crippen LogP contribution in [0.5, 0.6) is 0 Å². The topological polar surface area (TPSA) is 54.2 Å². The van der Waals surface area contributed by atoms with Crippen LogP contribution < -0.4 is 10.6 Å². The summed E-state index contributed by atoms with van der Waals surface area (Å²) in [5, 5.41) is 13.5. The highest BCUT2D eigenvalue weighted by atomic mass is 127. The fraction of sp³-hybridized carbons (Fsp3) is 0.579. The second-order valence-electron chi connectivity index (χ2n) is 6.66. The van der Waals surface area contributed by atoms with E-state index in [9.17, 15) is 0 Å². The van der Waals surface area contributed by atoms with Crippen molar-refractivity contribution in [3.05, 3.63) is 39.3 Å². The Morgan fingerprint density at radius 3 is 2.62 bits per heavy atom. The Balaban J connectivity index is 0.00000338. The van der Waals surface area contributed by atoms with Crippen LogP contribution in [0, 0.1) is 13.8 Å². The lowest BCUT2D eigenvalue weighted by atomic mass is 10.1. The monoisotopic (exact) mass is 489 g/mol. The predicted molar refractivity (Wildman–Crippen MR) is 123 cm³/mol. The Morgan fingerprint density at radius 2 is 2.08 bits per heavy atom. The van der Waals surface area contributed by atoms with Crippen LogP contribution in [0.15, 0.2) is 22.5 Å². The molecule has 2 aromatic rings. The van der Waals surface area contributed by atoms with Crippen LogP contribution in [-0.4, -0.2) is 34.9 Å². The zero-order chi connectivity index (χ0) is 18.4. The van der Waals surface area contributed by atoms with Gasteiger partial charge in [-0.15, -0.1) is 35.3 Å². The van der Waals surface area contributed by atoms with Gasteiger partial charge in [0.05, 0.1) is 12.2 Å². The number of hydrogen-bond donors (Lipinski definition) is 2. The van der Waals surface area contributed by atoms with E-state index in [1.54, 1.807) is 11.3 Å². The van der Waals surface area contributed by atoms with Crippen molar-refractivity contribution in [2.24, 2.45) is 12.0 Å². The SMILES string of the molecule is CCNC(=NCC(C)c1cccs1)NC(C)Cc1c(C)nn(C)c1C.I. The van der Waals surface area contributed by atoms with Gasteiger partial charge in [-0.05, 0) is 51.1 Å². The summed E-state index contributed by atoms with van der Waals surface area (Å²) in [5.41, 5.74) is 3.67. The number of hydrogen-bond acceptors (Lipinski definition) is 3. The molecule has 0 fully saturated rings. The van der Waals surface area contributed by atoms with Crippen LogP contribution in [0.2, 0.25) is 0 Å². The van der Waals surface area contributed by atoms with Gasteiger partial charge in [-0.3, -0.25) is 9.67 Å². The molecule has 2 aromatic heterocycles. The van der Waals surface area contributed by atoms with E-state index in [0.29, 0.717) is 5.92 Å². The van der Waals surface area contributed by atoms with Crippen molar-refractivity contribution in [2.45, 2.75) is 53.0 Å². The summed E-state index contributed by atoms with van der Waals surface area (Å²) in [6, 6.07) is 4.57. The molecule has 0 aliphatic rings. The molecule has 0 saturated heterocycles. The summed E-state index contributed by atoms with van der Waals surface area (Å²) in [6.45, 7) is 12.4. The molecule has 0 aliphatic carbocycles. The van der Waals surface area contributed by atoms with Crippen LogP contribution in [0.3, 0.4) is 0 Å². The number of aryl methyl sites for hydroxylation is 2. The molecule has 26 heavy (non-hydrogen) atoms. The van der Waals surface area contributed by atoms with E-state index >= 15 is 0 Å². The van der Waals surface area contributed by atoms with E-state index in [1.165, 1.54) is 16.1 Å². The molecule has 5 nitrogen and oxygen atoms in total. The lowest BCUT2D eigenvalue weighted by Crippen LogP contribution is -2.43. The van der Waals surface area contributed by atoms with Crippen molar-refractivity contribution in [3.8, 4) is 0 Å². The fourth-order valence-electron chi connectivity index (χ4n) is 2.91. The first-order valence-electron chi connectivity index (χ1n) is 8.99. The molecule has 2 unspecified atom stereocenters. The first kappa shape index (κ1) is 23.0. The highest BCUT2D eigenvalue weighted by molar-refractivity contribution is 14.0. The van der Waals surface area contributed by atoms with Crippen molar-refractivity contribution < 1.29 is 0 Å². The van der Waals surface area contributed by atoms with Crippen molar-refractivity contribution in [2.75, 3.05) is 13.1 Å². The molecule has 2 atom stereocenters. The van der Waals surface area contributed by atoms with Gasteiger partial charge in [-0.2, -0.15) is 5.10 Å². The minimum Gasteiger partial charge on any atom is -0.357 e. The zero-order valence-corrected chi connectivity index (χ0v) is 19.8. The van der Waals surface area contributed by atoms with Crippen LogP contribution >= 0.6 is 35.3 Å². The largest absolute Gasteiger partial charge is 0.357 e. The predicted octanol–water partition coefficient (Wildman–Crippen LogP) is 4.01. The number of nitrogens with one attached hydrogen (secondary N) is 2. The minimum absolute atomic E-state index is 0. The fourth-order valence-corrected chi connectivity index (χ4v) is 3.69. The van der Waals surface area contributed by atoms with Crippen LogP contribution in [0.25, 0.3) is 0 Å². The Labute approximate surface area is 178 Å². The van der Waals surface area contributed by atoms with Crippen molar-refractivity contribution in [1.82, 2.24) is 20.4 Å². The lowest BCUT2D eigenvalue weighted by molar-refractivity contribution is 0.633. The van der Waals surface area contributed by atoms with E-state index in [2.05, 4.69) is 67.9 Å². The smallest absolute Gasteiger partial charge is 0.191 e. The Hall–Kier alpha value is -1.09. The van der Waals surface area contributed by atoms with Gasteiger partial charge in [0.25, 0.3) is 0 Å². The lowest BCUT2D eigenvalue weighted by Gasteiger charge is -2.19. The molecule has 7 heteroatoms. The number of halogens is 1. The summed E-state index contributed by atoms with van der Waals surface area (Å²) in [6.07, 6.45) is 0.941. The number of thiophene rings is 1. The number of guanidine groups is 1. The third-order valence-electron chi connectivity index (χ3n) is 4.45. The highest BCUT2D eigenvalue weighted by Crippen LogP contribution is 2.20. The number of rotatable bonds is 7. The first-order chi connectivity index (χ1) is 11.9. The molecular formula is C19H32IN5S.